The van der Waals surface area contributed by atoms with E-state index in [0.29, 0.717) is 6.42 Å². The molecule has 0 amide bonds. The van der Waals surface area contributed by atoms with Crippen molar-refractivity contribution in [3.63, 3.8) is 0 Å². The molecule has 0 bridgehead atoms. The quantitative estimate of drug-likeness (QED) is 0.582. The van der Waals surface area contributed by atoms with E-state index in [0.717, 1.165) is 46.1 Å². The van der Waals surface area contributed by atoms with E-state index in [4.69, 9.17) is 0 Å². The van der Waals surface area contributed by atoms with Crippen LogP contribution in [0.3, 0.4) is 0 Å². The van der Waals surface area contributed by atoms with E-state index in [1.807, 2.05) is 12.3 Å². The van der Waals surface area contributed by atoms with Crippen LogP contribution in [0.15, 0.2) is 60.3 Å². The summed E-state index contributed by atoms with van der Waals surface area (Å²) in [5, 5.41) is 4.81. The molecule has 0 unspecified atom stereocenters. The number of nitrogens with one attached hydrogen (secondary N) is 1. The Bertz CT molecular complexity index is 1160. The van der Waals surface area contributed by atoms with Crippen LogP contribution in [0, 0.1) is 5.41 Å². The summed E-state index contributed by atoms with van der Waals surface area (Å²) in [6, 6.07) is 16.9. The van der Waals surface area contributed by atoms with Gasteiger partial charge in [-0.25, -0.2) is 0 Å². The van der Waals surface area contributed by atoms with Crippen molar-refractivity contribution in [1.82, 2.24) is 4.98 Å². The fourth-order valence-electron chi connectivity index (χ4n) is 4.91. The number of rotatable bonds is 2. The molecule has 5 rings (SSSR count). The number of pyridine rings is 1. The Morgan fingerprint density at radius 2 is 1.86 bits per heavy atom. The minimum atomic E-state index is -0.0962. The molecule has 3 aromatic rings. The zero-order chi connectivity index (χ0) is 20.2. The van der Waals surface area contributed by atoms with E-state index in [1.54, 1.807) is 0 Å². The third-order valence-corrected chi connectivity index (χ3v) is 6.32. The zero-order valence-corrected chi connectivity index (χ0v) is 17.3. The number of aryl methyl sites for hydroxylation is 1. The smallest absolute Gasteiger partial charge is 0.162 e. The van der Waals surface area contributed by atoms with Crippen LogP contribution in [0.1, 0.15) is 56.3 Å². The molecule has 0 saturated heterocycles. The van der Waals surface area contributed by atoms with Gasteiger partial charge in [0.1, 0.15) is 0 Å². The SMILES string of the molecule is CCc1ccc([C@@H]2Nc3ccc4ncccc4c3C3=C2C(=O)CC(C)(C)C3)cc1. The second-order valence-corrected chi connectivity index (χ2v) is 9.06. The predicted octanol–water partition coefficient (Wildman–Crippen LogP) is 6.11. The number of benzene rings is 2. The molecule has 0 spiro atoms. The van der Waals surface area contributed by atoms with Crippen LogP contribution in [0.5, 0.6) is 0 Å². The van der Waals surface area contributed by atoms with Gasteiger partial charge in [-0.15, -0.1) is 0 Å². The van der Waals surface area contributed by atoms with Crippen LogP contribution in [0.4, 0.5) is 5.69 Å². The van der Waals surface area contributed by atoms with Gasteiger partial charge in [0.25, 0.3) is 0 Å². The average Bonchev–Trinajstić information content (AvgIpc) is 2.72. The van der Waals surface area contributed by atoms with Gasteiger partial charge < -0.3 is 5.32 Å². The highest BCUT2D eigenvalue weighted by molar-refractivity contribution is 6.12. The van der Waals surface area contributed by atoms with Crippen LogP contribution >= 0.6 is 0 Å². The van der Waals surface area contributed by atoms with Gasteiger partial charge in [-0.05, 0) is 53.2 Å². The summed E-state index contributed by atoms with van der Waals surface area (Å²) in [5.41, 5.74) is 7.80. The molecule has 2 aliphatic rings. The first kappa shape index (κ1) is 18.1. The Kier molecular flexibility index (Phi) is 4.09. The lowest BCUT2D eigenvalue weighted by atomic mass is 9.68. The number of anilines is 1. The Morgan fingerprint density at radius 1 is 1.07 bits per heavy atom. The third-order valence-electron chi connectivity index (χ3n) is 6.32. The first-order valence-electron chi connectivity index (χ1n) is 10.5. The summed E-state index contributed by atoms with van der Waals surface area (Å²) in [4.78, 5) is 17.9. The number of carbonyl (C=O) groups is 1. The van der Waals surface area contributed by atoms with Crippen LogP contribution in [-0.4, -0.2) is 10.8 Å². The summed E-state index contributed by atoms with van der Waals surface area (Å²) >= 11 is 0. The highest BCUT2D eigenvalue weighted by atomic mass is 16.1. The van der Waals surface area contributed by atoms with Crippen molar-refractivity contribution in [3.8, 4) is 0 Å². The molecule has 3 nitrogen and oxygen atoms in total. The number of hydrogen-bond donors (Lipinski definition) is 1. The van der Waals surface area contributed by atoms with Crippen molar-refractivity contribution in [2.45, 2.75) is 46.1 Å². The second-order valence-electron chi connectivity index (χ2n) is 9.06. The maximum atomic E-state index is 13.4. The summed E-state index contributed by atoms with van der Waals surface area (Å²) in [7, 11) is 0. The first-order chi connectivity index (χ1) is 14.0. The number of hydrogen-bond acceptors (Lipinski definition) is 3. The predicted molar refractivity (Wildman–Crippen MR) is 119 cm³/mol. The number of ketones is 1. The number of fused-ring (bicyclic) bond motifs is 4. The molecular weight excluding hydrogens is 356 g/mol. The van der Waals surface area contributed by atoms with Gasteiger partial charge in [-0.1, -0.05) is 51.1 Å². The standard InChI is InChI=1S/C26H26N2O/c1-4-16-7-9-17(10-8-16)25-24-19(14-26(2,3)15-22(24)29)23-18-6-5-13-27-20(18)11-12-21(23)28-25/h5-13,25,28H,4,14-15H2,1-3H3/t25-/m0/s1. The van der Waals surface area contributed by atoms with Gasteiger partial charge in [0.2, 0.25) is 0 Å². The zero-order valence-electron chi connectivity index (χ0n) is 17.3. The fourth-order valence-corrected chi connectivity index (χ4v) is 4.91. The minimum Gasteiger partial charge on any atom is -0.373 e. The molecule has 1 aromatic heterocycles. The Morgan fingerprint density at radius 3 is 2.62 bits per heavy atom. The molecular formula is C26H26N2O. The van der Waals surface area contributed by atoms with E-state index < -0.39 is 0 Å². The van der Waals surface area contributed by atoms with Gasteiger partial charge in [-0.2, -0.15) is 0 Å². The van der Waals surface area contributed by atoms with Crippen molar-refractivity contribution in [2.75, 3.05) is 5.32 Å². The van der Waals surface area contributed by atoms with E-state index in [9.17, 15) is 4.79 Å². The maximum Gasteiger partial charge on any atom is 0.162 e. The molecule has 1 aliphatic heterocycles. The van der Waals surface area contributed by atoms with Crippen molar-refractivity contribution in [3.05, 3.63) is 77.0 Å². The van der Waals surface area contributed by atoms with Crippen LogP contribution < -0.4 is 5.32 Å². The second kappa shape index (κ2) is 6.55. The molecule has 29 heavy (non-hydrogen) atoms. The normalized spacial score (nSPS) is 20.2. The molecule has 0 radical (unpaired) electrons. The minimum absolute atomic E-state index is 0.0362. The van der Waals surface area contributed by atoms with Crippen LogP contribution in [0.25, 0.3) is 16.5 Å². The highest BCUT2D eigenvalue weighted by Gasteiger charge is 2.40. The molecule has 0 saturated carbocycles. The molecule has 1 N–H and O–H groups in total. The molecule has 3 heteroatoms. The van der Waals surface area contributed by atoms with E-state index in [-0.39, 0.29) is 17.2 Å². The lowest BCUT2D eigenvalue weighted by molar-refractivity contribution is -0.118. The van der Waals surface area contributed by atoms with Crippen molar-refractivity contribution < 1.29 is 4.79 Å². The molecule has 2 aromatic carbocycles. The monoisotopic (exact) mass is 382 g/mol. The molecule has 1 atom stereocenters. The number of Topliss-reactive ketones (excluding diaryl/α,β-unsaturated/α-hetero) is 1. The molecule has 1 aliphatic carbocycles. The number of nitrogens with zero attached hydrogens (tertiary/aromatic N) is 1. The van der Waals surface area contributed by atoms with Crippen molar-refractivity contribution >= 4 is 27.9 Å². The van der Waals surface area contributed by atoms with E-state index in [2.05, 4.69) is 73.5 Å². The number of allylic oxidation sites excluding steroid dienone is 1. The van der Waals surface area contributed by atoms with Gasteiger partial charge in [0.05, 0.1) is 11.6 Å². The van der Waals surface area contributed by atoms with E-state index >= 15 is 0 Å². The average molecular weight is 383 g/mol. The maximum absolute atomic E-state index is 13.4. The summed E-state index contributed by atoms with van der Waals surface area (Å²) in [6.45, 7) is 6.56. The van der Waals surface area contributed by atoms with Crippen molar-refractivity contribution in [2.24, 2.45) is 5.41 Å². The topological polar surface area (TPSA) is 42.0 Å². The molecule has 146 valence electrons. The Balaban J connectivity index is 1.76. The summed E-state index contributed by atoms with van der Waals surface area (Å²) in [5.74, 6) is 0.264. The molecule has 0 fully saturated rings. The van der Waals surface area contributed by atoms with Gasteiger partial charge in [0, 0.05) is 34.8 Å². The summed E-state index contributed by atoms with van der Waals surface area (Å²) < 4.78 is 0. The van der Waals surface area contributed by atoms with Crippen LogP contribution in [-0.2, 0) is 11.2 Å². The molecule has 2 heterocycles. The van der Waals surface area contributed by atoms with Gasteiger partial charge in [-0.3, -0.25) is 9.78 Å². The third kappa shape index (κ3) is 2.96. The first-order valence-corrected chi connectivity index (χ1v) is 10.5. The number of aromatic nitrogens is 1. The lowest BCUT2D eigenvalue weighted by Crippen LogP contribution is -2.33. The largest absolute Gasteiger partial charge is 0.373 e. The lowest BCUT2D eigenvalue weighted by Gasteiger charge is -2.40. The fraction of sp³-hybridized carbons (Fsp3) is 0.308. The van der Waals surface area contributed by atoms with Crippen LogP contribution in [0.2, 0.25) is 0 Å². The summed E-state index contributed by atoms with van der Waals surface area (Å²) in [6.07, 6.45) is 4.34. The van der Waals surface area contributed by atoms with Crippen molar-refractivity contribution in [1.29, 1.82) is 0 Å². The Labute approximate surface area is 171 Å². The number of carbonyl (C=O) groups excluding carboxylic acids is 1. The van der Waals surface area contributed by atoms with Gasteiger partial charge in [0.15, 0.2) is 5.78 Å². The highest BCUT2D eigenvalue weighted by Crippen LogP contribution is 2.51. The van der Waals surface area contributed by atoms with E-state index in [1.165, 1.54) is 11.1 Å². The van der Waals surface area contributed by atoms with Gasteiger partial charge >= 0.3 is 0 Å². The Hall–Kier alpha value is -2.94.